The van der Waals surface area contributed by atoms with Gasteiger partial charge in [0, 0.05) is 25.0 Å². The van der Waals surface area contributed by atoms with Crippen LogP contribution in [0.4, 0.5) is 0 Å². The topological polar surface area (TPSA) is 23.5 Å². The van der Waals surface area contributed by atoms with Crippen molar-refractivity contribution in [3.63, 3.8) is 0 Å². The summed E-state index contributed by atoms with van der Waals surface area (Å²) in [6, 6.07) is 10.6. The molecule has 0 aromatic heterocycles. The molecule has 0 saturated heterocycles. The first-order valence-corrected chi connectivity index (χ1v) is 8.05. The third kappa shape index (κ3) is 3.96. The van der Waals surface area contributed by atoms with E-state index in [4.69, 9.17) is 0 Å². The Balaban J connectivity index is 2.08. The molecule has 1 aliphatic carbocycles. The van der Waals surface area contributed by atoms with Gasteiger partial charge in [0.2, 0.25) is 0 Å². The molecule has 0 bridgehead atoms. The lowest BCUT2D eigenvalue weighted by molar-refractivity contribution is 0.0644. The number of benzene rings is 1. The molecule has 2 nitrogen and oxygen atoms in total. The number of rotatable bonds is 8. The van der Waals surface area contributed by atoms with Crippen molar-refractivity contribution in [1.29, 1.82) is 0 Å². The van der Waals surface area contributed by atoms with Crippen LogP contribution in [0.5, 0.6) is 0 Å². The van der Waals surface area contributed by atoms with E-state index in [2.05, 4.69) is 55.7 Å². The first-order chi connectivity index (χ1) is 9.98. The second kappa shape index (κ2) is 6.76. The Morgan fingerprint density at radius 3 is 2.48 bits per heavy atom. The van der Waals surface area contributed by atoms with Gasteiger partial charge < -0.3 is 5.11 Å². The fourth-order valence-corrected chi connectivity index (χ4v) is 3.42. The summed E-state index contributed by atoms with van der Waals surface area (Å²) in [5.41, 5.74) is 1.36. The van der Waals surface area contributed by atoms with Crippen molar-refractivity contribution in [2.75, 3.05) is 13.1 Å². The maximum absolute atomic E-state index is 10.2. The number of aliphatic hydroxyl groups is 1. The lowest BCUT2D eigenvalue weighted by Crippen LogP contribution is -2.38. The van der Waals surface area contributed by atoms with Gasteiger partial charge in [0.1, 0.15) is 0 Å². The van der Waals surface area contributed by atoms with Crippen molar-refractivity contribution in [2.45, 2.75) is 39.8 Å². The standard InChI is InChI=1S/C19H29NO/c1-5-18-11-19(18,16(4)21)14-20(12-15(2)3)13-17-9-7-6-8-10-17/h5-10,15-16,18,21H,1,11-14H2,2-4H3. The summed E-state index contributed by atoms with van der Waals surface area (Å²) in [7, 11) is 0. The molecule has 1 aromatic carbocycles. The lowest BCUT2D eigenvalue weighted by atomic mass is 9.95. The molecular weight excluding hydrogens is 258 g/mol. The van der Waals surface area contributed by atoms with Gasteiger partial charge in [0.25, 0.3) is 0 Å². The highest BCUT2D eigenvalue weighted by molar-refractivity contribution is 5.17. The average molecular weight is 287 g/mol. The molecule has 2 heteroatoms. The SMILES string of the molecule is C=CC1CC1(CN(Cc1ccccc1)CC(C)C)C(C)O. The van der Waals surface area contributed by atoms with E-state index in [0.717, 1.165) is 26.1 Å². The minimum absolute atomic E-state index is 0.0193. The fourth-order valence-electron chi connectivity index (χ4n) is 3.42. The minimum atomic E-state index is -0.272. The molecule has 21 heavy (non-hydrogen) atoms. The van der Waals surface area contributed by atoms with Crippen LogP contribution < -0.4 is 0 Å². The van der Waals surface area contributed by atoms with Gasteiger partial charge in [-0.2, -0.15) is 0 Å². The highest BCUT2D eigenvalue weighted by atomic mass is 16.3. The largest absolute Gasteiger partial charge is 0.393 e. The molecule has 116 valence electrons. The van der Waals surface area contributed by atoms with E-state index in [9.17, 15) is 5.11 Å². The molecule has 0 amide bonds. The molecule has 2 rings (SSSR count). The summed E-state index contributed by atoms with van der Waals surface area (Å²) in [6.07, 6.45) is 2.81. The fraction of sp³-hybridized carbons (Fsp3) is 0.579. The number of nitrogens with zero attached hydrogens (tertiary/aromatic N) is 1. The summed E-state index contributed by atoms with van der Waals surface area (Å²) >= 11 is 0. The molecule has 1 saturated carbocycles. The van der Waals surface area contributed by atoms with Gasteiger partial charge in [-0.1, -0.05) is 50.3 Å². The highest BCUT2D eigenvalue weighted by Gasteiger charge is 2.56. The smallest absolute Gasteiger partial charge is 0.0586 e. The van der Waals surface area contributed by atoms with Gasteiger partial charge in [-0.15, -0.1) is 6.58 Å². The van der Waals surface area contributed by atoms with Gasteiger partial charge in [-0.25, -0.2) is 0 Å². The number of allylic oxidation sites excluding steroid dienone is 1. The zero-order valence-electron chi connectivity index (χ0n) is 13.6. The van der Waals surface area contributed by atoms with Crippen molar-refractivity contribution in [3.8, 4) is 0 Å². The summed E-state index contributed by atoms with van der Waals surface area (Å²) in [5, 5.41) is 10.2. The van der Waals surface area contributed by atoms with Crippen molar-refractivity contribution in [3.05, 3.63) is 48.6 Å². The Kier molecular flexibility index (Phi) is 5.23. The van der Waals surface area contributed by atoms with Crippen molar-refractivity contribution in [1.82, 2.24) is 4.90 Å². The molecule has 1 N–H and O–H groups in total. The molecular formula is C19H29NO. The van der Waals surface area contributed by atoms with Gasteiger partial charge in [0.05, 0.1) is 6.10 Å². The van der Waals surface area contributed by atoms with E-state index < -0.39 is 0 Å². The Morgan fingerprint density at radius 1 is 1.33 bits per heavy atom. The van der Waals surface area contributed by atoms with Gasteiger partial charge in [0.15, 0.2) is 0 Å². The molecule has 0 radical (unpaired) electrons. The second-order valence-electron chi connectivity index (χ2n) is 7.00. The van der Waals surface area contributed by atoms with E-state index in [1.807, 2.05) is 13.0 Å². The monoisotopic (exact) mass is 287 g/mol. The average Bonchev–Trinajstić information content (AvgIpc) is 3.14. The second-order valence-corrected chi connectivity index (χ2v) is 7.00. The maximum atomic E-state index is 10.2. The summed E-state index contributed by atoms with van der Waals surface area (Å²) in [6.45, 7) is 13.3. The number of hydrogen-bond donors (Lipinski definition) is 1. The van der Waals surface area contributed by atoms with E-state index >= 15 is 0 Å². The molecule has 0 spiro atoms. The predicted molar refractivity (Wildman–Crippen MR) is 89.0 cm³/mol. The Labute approximate surface area is 129 Å². The van der Waals surface area contributed by atoms with Crippen LogP contribution in [0.15, 0.2) is 43.0 Å². The first-order valence-electron chi connectivity index (χ1n) is 8.05. The minimum Gasteiger partial charge on any atom is -0.393 e. The van der Waals surface area contributed by atoms with Crippen LogP contribution in [0.25, 0.3) is 0 Å². The van der Waals surface area contributed by atoms with Crippen LogP contribution in [0.3, 0.4) is 0 Å². The van der Waals surface area contributed by atoms with Crippen molar-refractivity contribution < 1.29 is 5.11 Å². The van der Waals surface area contributed by atoms with Crippen LogP contribution in [0.1, 0.15) is 32.8 Å². The Morgan fingerprint density at radius 2 is 2.00 bits per heavy atom. The quantitative estimate of drug-likeness (QED) is 0.737. The Hall–Kier alpha value is -1.12. The normalized spacial score (nSPS) is 26.1. The molecule has 0 heterocycles. The van der Waals surface area contributed by atoms with Crippen LogP contribution >= 0.6 is 0 Å². The highest BCUT2D eigenvalue weighted by Crippen LogP contribution is 2.56. The Bertz CT molecular complexity index is 454. The molecule has 3 atom stereocenters. The third-order valence-corrected chi connectivity index (χ3v) is 4.69. The molecule has 1 aliphatic rings. The van der Waals surface area contributed by atoms with Crippen LogP contribution in [0, 0.1) is 17.3 Å². The van der Waals surface area contributed by atoms with E-state index in [0.29, 0.717) is 11.8 Å². The summed E-state index contributed by atoms with van der Waals surface area (Å²) in [4.78, 5) is 2.50. The lowest BCUT2D eigenvalue weighted by Gasteiger charge is -2.31. The summed E-state index contributed by atoms with van der Waals surface area (Å²) in [5.74, 6) is 1.09. The van der Waals surface area contributed by atoms with Crippen LogP contribution in [-0.2, 0) is 6.54 Å². The zero-order valence-corrected chi connectivity index (χ0v) is 13.6. The van der Waals surface area contributed by atoms with Crippen molar-refractivity contribution >= 4 is 0 Å². The number of aliphatic hydroxyl groups excluding tert-OH is 1. The van der Waals surface area contributed by atoms with E-state index in [1.165, 1.54) is 5.56 Å². The molecule has 1 aromatic rings. The van der Waals surface area contributed by atoms with Crippen LogP contribution in [-0.4, -0.2) is 29.2 Å². The molecule has 3 unspecified atom stereocenters. The van der Waals surface area contributed by atoms with Gasteiger partial charge >= 0.3 is 0 Å². The molecule has 0 aliphatic heterocycles. The van der Waals surface area contributed by atoms with Gasteiger partial charge in [-0.05, 0) is 30.7 Å². The van der Waals surface area contributed by atoms with Crippen molar-refractivity contribution in [2.24, 2.45) is 17.3 Å². The van der Waals surface area contributed by atoms with Crippen LogP contribution in [0.2, 0.25) is 0 Å². The maximum Gasteiger partial charge on any atom is 0.0586 e. The number of hydrogen-bond acceptors (Lipinski definition) is 2. The third-order valence-electron chi connectivity index (χ3n) is 4.69. The van der Waals surface area contributed by atoms with Gasteiger partial charge in [-0.3, -0.25) is 4.90 Å². The summed E-state index contributed by atoms with van der Waals surface area (Å²) < 4.78 is 0. The predicted octanol–water partition coefficient (Wildman–Crippen LogP) is 3.72. The van der Waals surface area contributed by atoms with E-state index in [1.54, 1.807) is 0 Å². The molecule has 1 fully saturated rings. The van der Waals surface area contributed by atoms with E-state index in [-0.39, 0.29) is 11.5 Å². The first kappa shape index (κ1) is 16.3. The zero-order chi connectivity index (χ0) is 15.5.